The van der Waals surface area contributed by atoms with Crippen LogP contribution in [-0.4, -0.2) is 113 Å². The second-order valence-electron chi connectivity index (χ2n) is 4.10. The molecule has 0 heterocycles. The van der Waals surface area contributed by atoms with Crippen molar-refractivity contribution in [2.24, 2.45) is 0 Å². The third kappa shape index (κ3) is 32900. The molecule has 0 rings (SSSR count). The van der Waals surface area contributed by atoms with Crippen molar-refractivity contribution in [1.82, 2.24) is 0 Å². The van der Waals surface area contributed by atoms with E-state index in [0.717, 1.165) is 0 Å². The summed E-state index contributed by atoms with van der Waals surface area (Å²) in [6, 6.07) is 0. The van der Waals surface area contributed by atoms with E-state index in [1.165, 1.54) is 41.0 Å². The van der Waals surface area contributed by atoms with Gasteiger partial charge in [-0.25, -0.2) is 0 Å². The summed E-state index contributed by atoms with van der Waals surface area (Å²) < 4.78 is 0. The first kappa shape index (κ1) is 99.9. The Labute approximate surface area is 259 Å². The van der Waals surface area contributed by atoms with Gasteiger partial charge in [-0.05, 0) is 0 Å². The summed E-state index contributed by atoms with van der Waals surface area (Å²) in [5, 5.41) is 21.0. The Kier molecular flexibility index (Phi) is 1410. The van der Waals surface area contributed by atoms with Crippen LogP contribution in [0.3, 0.4) is 0 Å². The predicted molar refractivity (Wildman–Crippen MR) is 171 cm³/mol. The van der Waals surface area contributed by atoms with Gasteiger partial charge >= 0.3 is 44.8 Å². The predicted octanol–water partition coefficient (Wildman–Crippen LogP) is 9.86. The summed E-state index contributed by atoms with van der Waals surface area (Å²) in [5.41, 5.74) is 23.0. The second-order valence-corrected chi connectivity index (χ2v) is 4.10. The zero-order chi connectivity index (χ0) is 29.7. The molecule has 0 aromatic carbocycles. The van der Waals surface area contributed by atoms with Crippen molar-refractivity contribution in [2.45, 2.75) is 48.0 Å². The first-order chi connectivity index (χ1) is 15.3. The van der Waals surface area contributed by atoms with Crippen molar-refractivity contribution in [3.05, 3.63) is 54.8 Å². The van der Waals surface area contributed by atoms with Crippen LogP contribution in [0.1, 0.15) is 48.0 Å². The molecule has 0 aliphatic rings. The van der Waals surface area contributed by atoms with E-state index in [9.17, 15) is 0 Å². The minimum absolute atomic E-state index is 0. The molecule has 0 unspecified atom stereocenters. The van der Waals surface area contributed by atoms with Gasteiger partial charge in [0.15, 0.2) is 0 Å². The monoisotopic (exact) mass is 850 g/mol. The minimum Gasteiger partial charge on any atom is -0.680 e. The SMILES string of the molecule is C.CCC.CCC.C[N-]C.C[N-]C.C[N-]C.C[N-]C.C[N-]C.C[N-]C.C[NH-].C[NH-].C[NH-].C[NH-].[Ta+5].[Ta+5]. The molecule has 0 aromatic rings. The molecule has 0 spiro atoms. The van der Waals surface area contributed by atoms with Gasteiger partial charge in [-0.2, -0.15) is 113 Å². The molecular weight excluding hydrogens is 778 g/mol. The molecule has 0 aliphatic heterocycles. The van der Waals surface area contributed by atoms with Crippen molar-refractivity contribution in [1.29, 1.82) is 0 Å². The van der Waals surface area contributed by atoms with Gasteiger partial charge in [0, 0.05) is 0 Å². The van der Waals surface area contributed by atoms with Gasteiger partial charge in [0.05, 0.1) is 0 Å². The first-order valence-corrected chi connectivity index (χ1v) is 10.2. The first-order valence-electron chi connectivity index (χ1n) is 10.2. The topological polar surface area (TPSA) is 180 Å². The van der Waals surface area contributed by atoms with Gasteiger partial charge in [0.25, 0.3) is 0 Å². The van der Waals surface area contributed by atoms with Gasteiger partial charge in [-0.3, -0.25) is 0 Å². The summed E-state index contributed by atoms with van der Waals surface area (Å²) in [6.45, 7) is 8.50. The fourth-order valence-corrected chi connectivity index (χ4v) is 0. The standard InChI is InChI=1S/2C3H8.6C2H6N.4CH4N.CH4.2Ta/c8*1-3-2;4*1-2;;;/h2*3H2,1-2H3;6*1-2H3;4*2H,1H3;1H4;;/q;;10*-1;;2*+5. The molecule has 0 radical (unpaired) electrons. The van der Waals surface area contributed by atoms with E-state index in [0.29, 0.717) is 0 Å². The molecule has 0 saturated carbocycles. The maximum absolute atomic E-state index is 5.75. The van der Waals surface area contributed by atoms with Crippen LogP contribution in [0, 0.1) is 0 Å². The molecule has 10 nitrogen and oxygen atoms in total. The van der Waals surface area contributed by atoms with Crippen LogP contribution in [-0.2, 0) is 44.8 Å². The average Bonchev–Trinajstić information content (AvgIpc) is 2.78. The molecule has 0 amide bonds. The van der Waals surface area contributed by atoms with Crippen molar-refractivity contribution >= 4 is 0 Å². The molecule has 224 valence electrons. The van der Waals surface area contributed by atoms with E-state index in [-0.39, 0.29) is 52.2 Å². The zero-order valence-corrected chi connectivity index (χ0v) is 33.4. The Morgan fingerprint density at radius 3 is 0.314 bits per heavy atom. The smallest absolute Gasteiger partial charge is 0.680 e. The quantitative estimate of drug-likeness (QED) is 0.225. The number of nitrogens with zero attached hydrogens (tertiary/aromatic N) is 6. The maximum Gasteiger partial charge on any atom is 5.00 e. The van der Waals surface area contributed by atoms with Crippen molar-refractivity contribution < 1.29 is 44.8 Å². The molecule has 35 heavy (non-hydrogen) atoms. The van der Waals surface area contributed by atoms with Gasteiger partial charge < -0.3 is 54.8 Å². The van der Waals surface area contributed by atoms with Gasteiger partial charge in [-0.1, -0.05) is 48.0 Å². The van der Waals surface area contributed by atoms with Crippen molar-refractivity contribution in [3.8, 4) is 0 Å². The van der Waals surface area contributed by atoms with Crippen LogP contribution < -0.4 is 0 Å². The van der Waals surface area contributed by atoms with Crippen LogP contribution in [0.25, 0.3) is 54.8 Å². The van der Waals surface area contributed by atoms with Crippen LogP contribution in [0.5, 0.6) is 0 Å². The summed E-state index contributed by atoms with van der Waals surface area (Å²) in [4.78, 5) is 0. The molecule has 0 bridgehead atoms. The van der Waals surface area contributed by atoms with Crippen molar-refractivity contribution in [2.75, 3.05) is 113 Å². The fourth-order valence-electron chi connectivity index (χ4n) is 0. The molecule has 12 heteroatoms. The Morgan fingerprint density at radius 2 is 0.314 bits per heavy atom. The van der Waals surface area contributed by atoms with Crippen molar-refractivity contribution in [3.63, 3.8) is 0 Å². The van der Waals surface area contributed by atoms with E-state index in [4.69, 9.17) is 22.9 Å². The number of hydrogen-bond acceptors (Lipinski definition) is 0. The van der Waals surface area contributed by atoms with Crippen LogP contribution in [0.2, 0.25) is 0 Å². The van der Waals surface area contributed by atoms with E-state index in [1.54, 1.807) is 84.6 Å². The molecular formula is C23H72N10Ta2. The Bertz CT molecular complexity index is 64.3. The third-order valence-corrected chi connectivity index (χ3v) is 0. The zero-order valence-electron chi connectivity index (χ0n) is 27.0. The number of rotatable bonds is 0. The molecule has 0 aromatic heterocycles. The summed E-state index contributed by atoms with van der Waals surface area (Å²) in [6.07, 6.45) is 2.50. The molecule has 0 atom stereocenters. The Morgan fingerprint density at radius 1 is 0.314 bits per heavy atom. The maximum atomic E-state index is 5.75. The molecule has 0 aliphatic carbocycles. The van der Waals surface area contributed by atoms with E-state index >= 15 is 0 Å². The number of nitrogens with one attached hydrogen (secondary N) is 4. The summed E-state index contributed by atoms with van der Waals surface area (Å²) in [5.74, 6) is 0. The number of hydrogen-bond donors (Lipinski definition) is 0. The third-order valence-electron chi connectivity index (χ3n) is 0. The largest absolute Gasteiger partial charge is 5.00 e. The van der Waals surface area contributed by atoms with E-state index < -0.39 is 0 Å². The average molecular weight is 851 g/mol. The minimum atomic E-state index is 0. The van der Waals surface area contributed by atoms with Gasteiger partial charge in [0.1, 0.15) is 0 Å². The van der Waals surface area contributed by atoms with E-state index in [1.807, 2.05) is 0 Å². The Balaban J connectivity index is -0.00000000956. The summed E-state index contributed by atoms with van der Waals surface area (Å²) in [7, 11) is 26.0. The second kappa shape index (κ2) is 494. The van der Waals surface area contributed by atoms with Crippen LogP contribution >= 0.6 is 0 Å². The van der Waals surface area contributed by atoms with Gasteiger partial charge in [-0.15, -0.1) is 0 Å². The van der Waals surface area contributed by atoms with Crippen LogP contribution in [0.15, 0.2) is 0 Å². The molecule has 4 N–H and O–H groups in total. The fraction of sp³-hybridized carbons (Fsp3) is 1.00. The van der Waals surface area contributed by atoms with Gasteiger partial charge in [0.2, 0.25) is 0 Å². The van der Waals surface area contributed by atoms with E-state index in [2.05, 4.69) is 59.6 Å². The summed E-state index contributed by atoms with van der Waals surface area (Å²) >= 11 is 0. The molecule has 0 fully saturated rings. The Hall–Kier alpha value is 1.08. The van der Waals surface area contributed by atoms with Crippen LogP contribution in [0.4, 0.5) is 0 Å². The normalized spacial score (nSPS) is 4.80. The molecule has 0 saturated heterocycles.